The number of hydrogen-bond donors (Lipinski definition) is 1. The Labute approximate surface area is 165 Å². The van der Waals surface area contributed by atoms with Crippen molar-refractivity contribution in [1.29, 1.82) is 5.26 Å². The fourth-order valence-electron chi connectivity index (χ4n) is 2.91. The van der Waals surface area contributed by atoms with Crippen molar-refractivity contribution in [2.75, 3.05) is 12.4 Å². The molecule has 0 saturated heterocycles. The normalized spacial score (nSPS) is 10.6. The summed E-state index contributed by atoms with van der Waals surface area (Å²) < 4.78 is 7.12. The largest absolute Gasteiger partial charge is 0.497 e. The molecule has 2 aromatic carbocycles. The van der Waals surface area contributed by atoms with Crippen LogP contribution in [0.2, 0.25) is 0 Å². The first kappa shape index (κ1) is 17.8. The van der Waals surface area contributed by atoms with Gasteiger partial charge in [0.15, 0.2) is 4.96 Å². The van der Waals surface area contributed by atoms with Crippen LogP contribution in [0.15, 0.2) is 60.1 Å². The van der Waals surface area contributed by atoms with Crippen LogP contribution in [0.25, 0.3) is 16.2 Å². The summed E-state index contributed by atoms with van der Waals surface area (Å²) in [6.07, 6.45) is 2.12. The van der Waals surface area contributed by atoms with Gasteiger partial charge in [0.25, 0.3) is 0 Å². The number of thiazole rings is 1. The number of imidazole rings is 1. The number of amides is 1. The fourth-order valence-corrected chi connectivity index (χ4v) is 3.78. The summed E-state index contributed by atoms with van der Waals surface area (Å²) in [4.78, 5) is 17.9. The lowest BCUT2D eigenvalue weighted by molar-refractivity contribution is -0.115. The second kappa shape index (κ2) is 7.55. The molecule has 0 bridgehead atoms. The van der Waals surface area contributed by atoms with E-state index in [4.69, 9.17) is 10.00 Å². The molecule has 0 aliphatic rings. The monoisotopic (exact) mass is 388 g/mol. The Hall–Kier alpha value is -3.63. The number of nitriles is 1. The van der Waals surface area contributed by atoms with Crippen LogP contribution < -0.4 is 10.1 Å². The van der Waals surface area contributed by atoms with Crippen LogP contribution in [0.5, 0.6) is 5.75 Å². The maximum absolute atomic E-state index is 12.5. The second-order valence-electron chi connectivity index (χ2n) is 6.12. The lowest BCUT2D eigenvalue weighted by Crippen LogP contribution is -2.16. The first-order chi connectivity index (χ1) is 13.7. The minimum absolute atomic E-state index is 0.179. The number of fused-ring (bicyclic) bond motifs is 1. The molecule has 1 amide bonds. The van der Waals surface area contributed by atoms with E-state index in [1.165, 1.54) is 11.3 Å². The molecule has 0 atom stereocenters. The van der Waals surface area contributed by atoms with Gasteiger partial charge in [-0.15, -0.1) is 11.3 Å². The molecular weight excluding hydrogens is 372 g/mol. The summed E-state index contributed by atoms with van der Waals surface area (Å²) in [7, 11) is 1.63. The van der Waals surface area contributed by atoms with Crippen molar-refractivity contribution in [2.24, 2.45) is 0 Å². The van der Waals surface area contributed by atoms with Gasteiger partial charge in [0.1, 0.15) is 11.8 Å². The smallest absolute Gasteiger partial charge is 0.230 e. The van der Waals surface area contributed by atoms with Gasteiger partial charge in [-0.3, -0.25) is 9.20 Å². The Balaban J connectivity index is 1.55. The molecule has 138 valence electrons. The molecular formula is C21H16N4O2S. The summed E-state index contributed by atoms with van der Waals surface area (Å²) in [6.45, 7) is 0. The first-order valence-electron chi connectivity index (χ1n) is 8.57. The number of para-hydroxylation sites is 1. The molecule has 4 aromatic rings. The Bertz CT molecular complexity index is 1190. The SMILES string of the molecule is COc1ccc(-c2cn3c(CC(=O)Nc4ccccc4C#N)csc3n2)cc1. The highest BCUT2D eigenvalue weighted by molar-refractivity contribution is 7.15. The van der Waals surface area contributed by atoms with E-state index < -0.39 is 0 Å². The van der Waals surface area contributed by atoms with Crippen molar-refractivity contribution in [3.05, 3.63) is 71.4 Å². The van der Waals surface area contributed by atoms with Crippen LogP contribution in [0, 0.1) is 11.3 Å². The van der Waals surface area contributed by atoms with Gasteiger partial charge in [-0.05, 0) is 36.4 Å². The van der Waals surface area contributed by atoms with Gasteiger partial charge >= 0.3 is 0 Å². The highest BCUT2D eigenvalue weighted by Crippen LogP contribution is 2.25. The van der Waals surface area contributed by atoms with Gasteiger partial charge in [-0.1, -0.05) is 12.1 Å². The zero-order valence-corrected chi connectivity index (χ0v) is 15.9. The number of ether oxygens (including phenoxy) is 1. The van der Waals surface area contributed by atoms with Gasteiger partial charge < -0.3 is 10.1 Å². The number of carbonyl (C=O) groups is 1. The van der Waals surface area contributed by atoms with Crippen LogP contribution in [-0.2, 0) is 11.2 Å². The summed E-state index contributed by atoms with van der Waals surface area (Å²) in [6, 6.07) is 16.7. The summed E-state index contributed by atoms with van der Waals surface area (Å²) >= 11 is 1.49. The van der Waals surface area contributed by atoms with E-state index in [-0.39, 0.29) is 12.3 Å². The summed E-state index contributed by atoms with van der Waals surface area (Å²) in [5.74, 6) is 0.613. The van der Waals surface area contributed by atoms with Crippen LogP contribution in [-0.4, -0.2) is 22.4 Å². The molecule has 1 N–H and O–H groups in total. The number of anilines is 1. The molecule has 0 aliphatic heterocycles. The van der Waals surface area contributed by atoms with Crippen molar-refractivity contribution >= 4 is 27.9 Å². The van der Waals surface area contributed by atoms with Gasteiger partial charge in [-0.2, -0.15) is 5.26 Å². The number of methoxy groups -OCH3 is 1. The summed E-state index contributed by atoms with van der Waals surface area (Å²) in [5, 5.41) is 13.9. The van der Waals surface area contributed by atoms with Gasteiger partial charge in [0.2, 0.25) is 5.91 Å². The molecule has 0 fully saturated rings. The van der Waals surface area contributed by atoms with E-state index in [1.54, 1.807) is 31.4 Å². The minimum atomic E-state index is -0.179. The second-order valence-corrected chi connectivity index (χ2v) is 6.95. The Morgan fingerprint density at radius 3 is 2.79 bits per heavy atom. The van der Waals surface area contributed by atoms with E-state index in [1.807, 2.05) is 40.2 Å². The fraction of sp³-hybridized carbons (Fsp3) is 0.0952. The average Bonchev–Trinajstić information content (AvgIpc) is 3.30. The maximum atomic E-state index is 12.5. The van der Waals surface area contributed by atoms with E-state index >= 15 is 0 Å². The molecule has 28 heavy (non-hydrogen) atoms. The molecule has 6 nitrogen and oxygen atoms in total. The van der Waals surface area contributed by atoms with E-state index in [2.05, 4.69) is 16.4 Å². The maximum Gasteiger partial charge on any atom is 0.230 e. The Kier molecular flexibility index (Phi) is 4.79. The molecule has 0 radical (unpaired) electrons. The van der Waals surface area contributed by atoms with Crippen LogP contribution in [0.4, 0.5) is 5.69 Å². The van der Waals surface area contributed by atoms with Gasteiger partial charge in [0.05, 0.1) is 30.5 Å². The van der Waals surface area contributed by atoms with Crippen molar-refractivity contribution in [2.45, 2.75) is 6.42 Å². The zero-order valence-electron chi connectivity index (χ0n) is 15.0. The molecule has 4 rings (SSSR count). The third-order valence-electron chi connectivity index (χ3n) is 4.33. The van der Waals surface area contributed by atoms with E-state index in [9.17, 15) is 4.79 Å². The van der Waals surface area contributed by atoms with Crippen molar-refractivity contribution in [1.82, 2.24) is 9.38 Å². The third kappa shape index (κ3) is 3.46. The van der Waals surface area contributed by atoms with Crippen molar-refractivity contribution in [3.8, 4) is 23.1 Å². The molecule has 2 heterocycles. The van der Waals surface area contributed by atoms with E-state index in [0.717, 1.165) is 27.7 Å². The standard InChI is InChI=1S/C21H16N4O2S/c1-27-17-8-6-14(7-9-17)19-12-25-16(13-28-21(25)24-19)10-20(26)23-18-5-3-2-4-15(18)11-22/h2-9,12-13H,10H2,1H3,(H,23,26). The third-order valence-corrected chi connectivity index (χ3v) is 5.22. The molecule has 0 unspecified atom stereocenters. The number of nitrogens with one attached hydrogen (secondary N) is 1. The van der Waals surface area contributed by atoms with Gasteiger partial charge in [-0.25, -0.2) is 4.98 Å². The predicted molar refractivity (Wildman–Crippen MR) is 109 cm³/mol. The van der Waals surface area contributed by atoms with Crippen molar-refractivity contribution in [3.63, 3.8) is 0 Å². The number of carbonyl (C=O) groups excluding carboxylic acids is 1. The number of nitrogens with zero attached hydrogens (tertiary/aromatic N) is 3. The number of aromatic nitrogens is 2. The number of hydrogen-bond acceptors (Lipinski definition) is 5. The molecule has 0 saturated carbocycles. The first-order valence-corrected chi connectivity index (χ1v) is 9.45. The van der Waals surface area contributed by atoms with Crippen LogP contribution in [0.1, 0.15) is 11.3 Å². The molecule has 2 aromatic heterocycles. The Morgan fingerprint density at radius 1 is 1.25 bits per heavy atom. The van der Waals surface area contributed by atoms with Crippen LogP contribution in [0.3, 0.4) is 0 Å². The topological polar surface area (TPSA) is 79.4 Å². The van der Waals surface area contributed by atoms with Crippen molar-refractivity contribution < 1.29 is 9.53 Å². The van der Waals surface area contributed by atoms with Gasteiger partial charge in [0, 0.05) is 22.8 Å². The Morgan fingerprint density at radius 2 is 2.04 bits per heavy atom. The number of rotatable bonds is 5. The lowest BCUT2D eigenvalue weighted by atomic mass is 10.1. The lowest BCUT2D eigenvalue weighted by Gasteiger charge is -2.06. The minimum Gasteiger partial charge on any atom is -0.497 e. The quantitative estimate of drug-likeness (QED) is 0.558. The molecule has 0 aliphatic carbocycles. The van der Waals surface area contributed by atoms with Crippen LogP contribution >= 0.6 is 11.3 Å². The highest BCUT2D eigenvalue weighted by Gasteiger charge is 2.14. The predicted octanol–water partition coefficient (Wildman–Crippen LogP) is 4.12. The zero-order chi connectivity index (χ0) is 19.5. The number of benzene rings is 2. The molecule has 7 heteroatoms. The highest BCUT2D eigenvalue weighted by atomic mass is 32.1. The summed E-state index contributed by atoms with van der Waals surface area (Å²) in [5.41, 5.74) is 3.63. The average molecular weight is 388 g/mol. The van der Waals surface area contributed by atoms with E-state index in [0.29, 0.717) is 11.3 Å². The molecule has 0 spiro atoms.